The molecule has 0 spiro atoms. The summed E-state index contributed by atoms with van der Waals surface area (Å²) >= 11 is 6.29. The van der Waals surface area contributed by atoms with E-state index < -0.39 is 0 Å². The zero-order valence-electron chi connectivity index (χ0n) is 15.8. The lowest BCUT2D eigenvalue weighted by atomic mass is 9.97. The molecule has 1 heterocycles. The highest BCUT2D eigenvalue weighted by molar-refractivity contribution is 6.34. The molecule has 2 rings (SSSR count). The van der Waals surface area contributed by atoms with Crippen LogP contribution in [0.1, 0.15) is 24.0 Å². The minimum absolute atomic E-state index is 0.108. The lowest BCUT2D eigenvalue weighted by Gasteiger charge is -2.34. The van der Waals surface area contributed by atoms with Crippen molar-refractivity contribution in [3.8, 4) is 0 Å². The van der Waals surface area contributed by atoms with Crippen LogP contribution in [0.5, 0.6) is 0 Å². The van der Waals surface area contributed by atoms with Gasteiger partial charge in [0.25, 0.3) is 0 Å². The highest BCUT2D eigenvalue weighted by Gasteiger charge is 2.23. The Labute approximate surface area is 156 Å². The van der Waals surface area contributed by atoms with Gasteiger partial charge in [0.05, 0.1) is 17.3 Å². The van der Waals surface area contributed by atoms with Crippen LogP contribution in [-0.4, -0.2) is 62.8 Å². The molecule has 5 nitrogen and oxygen atoms in total. The second-order valence-electron chi connectivity index (χ2n) is 7.05. The molecule has 1 aromatic carbocycles. The number of ether oxygens (including phenoxy) is 1. The molecular weight excluding hydrogens is 338 g/mol. The molecule has 0 bridgehead atoms. The Bertz CT molecular complexity index is 571. The number of likely N-dealkylation sites (tertiary alicyclic amines) is 1. The number of rotatable bonds is 6. The predicted molar refractivity (Wildman–Crippen MR) is 104 cm³/mol. The third-order valence-corrected chi connectivity index (χ3v) is 5.06. The number of carbonyl (C=O) groups excluding carboxylic acids is 1. The first-order chi connectivity index (χ1) is 11.9. The van der Waals surface area contributed by atoms with Gasteiger partial charge in [-0.2, -0.15) is 0 Å². The monoisotopic (exact) mass is 367 g/mol. The van der Waals surface area contributed by atoms with Crippen LogP contribution in [0.25, 0.3) is 0 Å². The first-order valence-electron chi connectivity index (χ1n) is 8.91. The Balaban J connectivity index is 1.90. The molecule has 6 heteroatoms. The zero-order chi connectivity index (χ0) is 18.4. The minimum atomic E-state index is -0.108. The summed E-state index contributed by atoms with van der Waals surface area (Å²) in [5.74, 6) is 0.496. The van der Waals surface area contributed by atoms with E-state index in [0.29, 0.717) is 16.6 Å². The van der Waals surface area contributed by atoms with Crippen LogP contribution in [-0.2, 0) is 4.74 Å². The summed E-state index contributed by atoms with van der Waals surface area (Å²) in [6.45, 7) is 8.56. The maximum absolute atomic E-state index is 12.6. The fourth-order valence-corrected chi connectivity index (χ4v) is 3.84. The standard InChI is InChI=1S/C19H30ClN3O2/c1-14-10-15(2)18(17(20)11-14)21-19(24)22(3)12-16-6-5-7-23(13-16)8-9-25-4/h10-11,16H,5-9,12-13H2,1-4H3,(H,21,24)/t16-/m0/s1. The number of methoxy groups -OCH3 is 1. The van der Waals surface area contributed by atoms with E-state index in [9.17, 15) is 4.79 Å². The van der Waals surface area contributed by atoms with Gasteiger partial charge in [-0.25, -0.2) is 4.79 Å². The van der Waals surface area contributed by atoms with Gasteiger partial charge in [0.2, 0.25) is 0 Å². The molecule has 1 aromatic rings. The smallest absolute Gasteiger partial charge is 0.321 e. The molecule has 25 heavy (non-hydrogen) atoms. The minimum Gasteiger partial charge on any atom is -0.383 e. The molecule has 1 fully saturated rings. The number of benzene rings is 1. The third kappa shape index (κ3) is 5.87. The zero-order valence-corrected chi connectivity index (χ0v) is 16.5. The van der Waals surface area contributed by atoms with Crippen molar-refractivity contribution in [1.82, 2.24) is 9.80 Å². The van der Waals surface area contributed by atoms with E-state index in [2.05, 4.69) is 10.2 Å². The average Bonchev–Trinajstić information content (AvgIpc) is 2.56. The van der Waals surface area contributed by atoms with Crippen molar-refractivity contribution >= 4 is 23.3 Å². The largest absolute Gasteiger partial charge is 0.383 e. The van der Waals surface area contributed by atoms with Gasteiger partial charge in [0, 0.05) is 33.8 Å². The lowest BCUT2D eigenvalue weighted by Crippen LogP contribution is -2.43. The molecule has 0 radical (unpaired) electrons. The molecule has 0 aromatic heterocycles. The molecule has 0 unspecified atom stereocenters. The van der Waals surface area contributed by atoms with Crippen molar-refractivity contribution in [2.45, 2.75) is 26.7 Å². The maximum atomic E-state index is 12.6. The molecule has 1 N–H and O–H groups in total. The van der Waals surface area contributed by atoms with Crippen molar-refractivity contribution in [3.63, 3.8) is 0 Å². The molecule has 1 atom stereocenters. The summed E-state index contributed by atoms with van der Waals surface area (Å²) in [5.41, 5.74) is 2.77. The van der Waals surface area contributed by atoms with Gasteiger partial charge in [-0.05, 0) is 56.3 Å². The van der Waals surface area contributed by atoms with Crippen molar-refractivity contribution < 1.29 is 9.53 Å². The topological polar surface area (TPSA) is 44.8 Å². The third-order valence-electron chi connectivity index (χ3n) is 4.76. The van der Waals surface area contributed by atoms with Gasteiger partial charge in [0.1, 0.15) is 0 Å². The fourth-order valence-electron chi connectivity index (χ4n) is 3.47. The van der Waals surface area contributed by atoms with Crippen molar-refractivity contribution in [3.05, 3.63) is 28.3 Å². The Morgan fingerprint density at radius 3 is 2.88 bits per heavy atom. The van der Waals surface area contributed by atoms with Crippen LogP contribution in [0.4, 0.5) is 10.5 Å². The molecular formula is C19H30ClN3O2. The number of anilines is 1. The molecule has 2 amide bonds. The Hall–Kier alpha value is -1.30. The van der Waals surface area contributed by atoms with Gasteiger partial charge < -0.3 is 19.9 Å². The Kier molecular flexibility index (Phi) is 7.54. The van der Waals surface area contributed by atoms with Gasteiger partial charge in [-0.3, -0.25) is 0 Å². The number of halogens is 1. The van der Waals surface area contributed by atoms with E-state index >= 15 is 0 Å². The SMILES string of the molecule is COCCN1CCC[C@@H](CN(C)C(=O)Nc2c(C)cc(C)cc2Cl)C1. The number of nitrogens with zero attached hydrogens (tertiary/aromatic N) is 2. The Morgan fingerprint density at radius 1 is 1.44 bits per heavy atom. The number of nitrogens with one attached hydrogen (secondary N) is 1. The summed E-state index contributed by atoms with van der Waals surface area (Å²) < 4.78 is 5.17. The molecule has 1 saturated heterocycles. The van der Waals surface area contributed by atoms with Crippen molar-refractivity contribution in [2.24, 2.45) is 5.92 Å². The molecule has 0 saturated carbocycles. The lowest BCUT2D eigenvalue weighted by molar-refractivity contribution is 0.106. The number of urea groups is 1. The van der Waals surface area contributed by atoms with Crippen LogP contribution in [0.15, 0.2) is 12.1 Å². The van der Waals surface area contributed by atoms with E-state index in [-0.39, 0.29) is 6.03 Å². The van der Waals surface area contributed by atoms with Crippen LogP contribution < -0.4 is 5.32 Å². The first-order valence-corrected chi connectivity index (χ1v) is 9.28. The van der Waals surface area contributed by atoms with Crippen LogP contribution in [0, 0.1) is 19.8 Å². The number of amides is 2. The highest BCUT2D eigenvalue weighted by Crippen LogP contribution is 2.27. The first kappa shape index (κ1) is 20.0. The van der Waals surface area contributed by atoms with Gasteiger partial charge in [-0.15, -0.1) is 0 Å². The average molecular weight is 368 g/mol. The van der Waals surface area contributed by atoms with Crippen molar-refractivity contribution in [2.75, 3.05) is 52.3 Å². The van der Waals surface area contributed by atoms with E-state index in [4.69, 9.17) is 16.3 Å². The second kappa shape index (κ2) is 9.41. The number of carbonyl (C=O) groups is 1. The molecule has 140 valence electrons. The number of hydrogen-bond donors (Lipinski definition) is 1. The fraction of sp³-hybridized carbons (Fsp3) is 0.632. The molecule has 1 aliphatic heterocycles. The summed E-state index contributed by atoms with van der Waals surface area (Å²) in [6, 6.07) is 3.79. The normalized spacial score (nSPS) is 18.2. The van der Waals surface area contributed by atoms with E-state index in [1.807, 2.05) is 33.0 Å². The summed E-state index contributed by atoms with van der Waals surface area (Å²) in [4.78, 5) is 16.7. The van der Waals surface area contributed by atoms with Gasteiger partial charge >= 0.3 is 6.03 Å². The number of hydrogen-bond acceptors (Lipinski definition) is 3. The second-order valence-corrected chi connectivity index (χ2v) is 7.46. The van der Waals surface area contributed by atoms with Crippen LogP contribution in [0.2, 0.25) is 5.02 Å². The van der Waals surface area contributed by atoms with Crippen molar-refractivity contribution in [1.29, 1.82) is 0 Å². The van der Waals surface area contributed by atoms with Gasteiger partial charge in [-0.1, -0.05) is 17.7 Å². The van der Waals surface area contributed by atoms with E-state index in [1.165, 1.54) is 6.42 Å². The Morgan fingerprint density at radius 2 is 2.20 bits per heavy atom. The highest BCUT2D eigenvalue weighted by atomic mass is 35.5. The quantitative estimate of drug-likeness (QED) is 0.832. The molecule has 1 aliphatic rings. The maximum Gasteiger partial charge on any atom is 0.321 e. The summed E-state index contributed by atoms with van der Waals surface area (Å²) in [6.07, 6.45) is 2.33. The van der Waals surface area contributed by atoms with Crippen LogP contribution in [0.3, 0.4) is 0 Å². The number of piperidine rings is 1. The predicted octanol–water partition coefficient (Wildman–Crippen LogP) is 3.78. The summed E-state index contributed by atoms with van der Waals surface area (Å²) in [7, 11) is 3.58. The van der Waals surface area contributed by atoms with Crippen LogP contribution >= 0.6 is 11.6 Å². The van der Waals surface area contributed by atoms with E-state index in [0.717, 1.165) is 50.3 Å². The van der Waals surface area contributed by atoms with E-state index in [1.54, 1.807) is 12.0 Å². The van der Waals surface area contributed by atoms with Gasteiger partial charge in [0.15, 0.2) is 0 Å². The molecule has 0 aliphatic carbocycles. The summed E-state index contributed by atoms with van der Waals surface area (Å²) in [5, 5.41) is 3.55. The number of aryl methyl sites for hydroxylation is 2.